The van der Waals surface area contributed by atoms with E-state index >= 15 is 0 Å². The van der Waals surface area contributed by atoms with Crippen molar-refractivity contribution in [2.45, 2.75) is 18.7 Å². The van der Waals surface area contributed by atoms with Crippen LogP contribution in [-0.4, -0.2) is 15.9 Å². The van der Waals surface area contributed by atoms with E-state index in [2.05, 4.69) is 5.32 Å². The van der Waals surface area contributed by atoms with E-state index in [1.165, 1.54) is 0 Å². The highest BCUT2D eigenvalue weighted by Crippen LogP contribution is 2.27. The van der Waals surface area contributed by atoms with Gasteiger partial charge in [-0.25, -0.2) is 0 Å². The van der Waals surface area contributed by atoms with E-state index in [4.69, 9.17) is 0 Å². The molecule has 0 aromatic rings. The number of nitrogens with one attached hydrogen (secondary N) is 1. The van der Waals surface area contributed by atoms with Gasteiger partial charge < -0.3 is 5.32 Å². The van der Waals surface area contributed by atoms with Gasteiger partial charge in [-0.1, -0.05) is 11.8 Å². The van der Waals surface area contributed by atoms with E-state index in [0.29, 0.717) is 0 Å². The lowest BCUT2D eigenvalue weighted by molar-refractivity contribution is -0.132. The molecular weight excluding hydrogens is 138 g/mol. The lowest BCUT2D eigenvalue weighted by Gasteiger charge is -2.12. The van der Waals surface area contributed by atoms with E-state index in [1.807, 2.05) is 0 Å². The van der Waals surface area contributed by atoms with Crippen LogP contribution in [-0.2, 0) is 9.59 Å². The van der Waals surface area contributed by atoms with E-state index < -0.39 is 10.8 Å². The third-order valence-corrected chi connectivity index (χ3v) is 1.93. The van der Waals surface area contributed by atoms with Crippen LogP contribution in [0.25, 0.3) is 0 Å². The molecule has 0 spiro atoms. The van der Waals surface area contributed by atoms with Crippen molar-refractivity contribution in [3.63, 3.8) is 0 Å². The van der Waals surface area contributed by atoms with Crippen molar-refractivity contribution in [1.82, 2.24) is 5.32 Å². The quantitative estimate of drug-likeness (QED) is 0.492. The van der Waals surface area contributed by atoms with Crippen molar-refractivity contribution in [2.24, 2.45) is 0 Å². The van der Waals surface area contributed by atoms with Gasteiger partial charge in [0.25, 0.3) is 11.0 Å². The molecule has 1 aliphatic rings. The Morgan fingerprint density at radius 1 is 1.44 bits per heavy atom. The van der Waals surface area contributed by atoms with Gasteiger partial charge >= 0.3 is 0 Å². The Balaban J connectivity index is 2.76. The molecule has 9 heavy (non-hydrogen) atoms. The van der Waals surface area contributed by atoms with Crippen molar-refractivity contribution in [1.29, 1.82) is 0 Å². The maximum atomic E-state index is 10.5. The van der Waals surface area contributed by atoms with E-state index in [0.717, 1.165) is 11.8 Å². The summed E-state index contributed by atoms with van der Waals surface area (Å²) in [5.41, 5.74) is 0. The fourth-order valence-corrected chi connectivity index (χ4v) is 1.38. The minimum Gasteiger partial charge on any atom is -0.334 e. The Labute approximate surface area is 57.2 Å². The van der Waals surface area contributed by atoms with E-state index in [1.54, 1.807) is 13.8 Å². The smallest absolute Gasteiger partial charge is 0.299 e. The molecule has 1 N–H and O–H groups in total. The molecule has 0 bridgehead atoms. The number of rotatable bonds is 0. The zero-order valence-electron chi connectivity index (χ0n) is 5.22. The summed E-state index contributed by atoms with van der Waals surface area (Å²) < 4.78 is 0. The van der Waals surface area contributed by atoms with Gasteiger partial charge in [-0.05, 0) is 13.8 Å². The molecule has 0 aliphatic carbocycles. The van der Waals surface area contributed by atoms with Gasteiger partial charge in [0.05, 0.1) is 4.87 Å². The molecule has 0 aromatic heterocycles. The molecule has 3 nitrogen and oxygen atoms in total. The lowest BCUT2D eigenvalue weighted by atomic mass is 10.4. The minimum absolute atomic E-state index is 0.389. The molecule has 4 heteroatoms. The maximum Gasteiger partial charge on any atom is 0.299 e. The standard InChI is InChI=1S/C5H7NO2S/c1-5(2)6-3(7)4(8)9-5/h1-2H3,(H,6,7). The molecule has 0 unspecified atom stereocenters. The maximum absolute atomic E-state index is 10.5. The first kappa shape index (κ1) is 6.61. The molecule has 0 atom stereocenters. The highest BCUT2D eigenvalue weighted by molar-refractivity contribution is 8.17. The Bertz CT molecular complexity index is 158. The third kappa shape index (κ3) is 1.24. The average molecular weight is 145 g/mol. The van der Waals surface area contributed by atoms with Crippen LogP contribution in [0.4, 0.5) is 0 Å². The first-order valence-corrected chi connectivity index (χ1v) is 3.38. The Hall–Kier alpha value is -0.510. The first-order valence-electron chi connectivity index (χ1n) is 2.57. The second-order valence-corrected chi connectivity index (χ2v) is 3.95. The van der Waals surface area contributed by atoms with Crippen LogP contribution >= 0.6 is 11.8 Å². The number of hydrogen-bond acceptors (Lipinski definition) is 3. The number of hydrogen-bond donors (Lipinski definition) is 1. The van der Waals surface area contributed by atoms with Crippen molar-refractivity contribution >= 4 is 22.8 Å². The largest absolute Gasteiger partial charge is 0.334 e. The molecular formula is C5H7NO2S. The van der Waals surface area contributed by atoms with E-state index in [-0.39, 0.29) is 5.12 Å². The molecule has 1 amide bonds. The van der Waals surface area contributed by atoms with Gasteiger partial charge in [-0.15, -0.1) is 0 Å². The fraction of sp³-hybridized carbons (Fsp3) is 0.600. The summed E-state index contributed by atoms with van der Waals surface area (Å²) in [5.74, 6) is -0.481. The summed E-state index contributed by atoms with van der Waals surface area (Å²) in [6.07, 6.45) is 0. The zero-order valence-corrected chi connectivity index (χ0v) is 6.04. The van der Waals surface area contributed by atoms with Crippen molar-refractivity contribution in [3.8, 4) is 0 Å². The summed E-state index contributed by atoms with van der Waals surface area (Å²) in [6, 6.07) is 0. The second-order valence-electron chi connectivity index (χ2n) is 2.35. The molecule has 0 saturated carbocycles. The van der Waals surface area contributed by atoms with Gasteiger partial charge in [0, 0.05) is 0 Å². The summed E-state index contributed by atoms with van der Waals surface area (Å²) in [7, 11) is 0. The minimum atomic E-state index is -0.481. The number of amides is 1. The van der Waals surface area contributed by atoms with Crippen molar-refractivity contribution < 1.29 is 9.59 Å². The molecule has 0 radical (unpaired) electrons. The number of thioether (sulfide) groups is 1. The Morgan fingerprint density at radius 3 is 2.11 bits per heavy atom. The van der Waals surface area contributed by atoms with Crippen LogP contribution < -0.4 is 5.32 Å². The third-order valence-electron chi connectivity index (χ3n) is 0.948. The molecule has 1 rings (SSSR count). The van der Waals surface area contributed by atoms with Gasteiger partial charge in [0.2, 0.25) is 0 Å². The summed E-state index contributed by atoms with van der Waals surface area (Å²) in [5, 5.41) is 2.13. The second kappa shape index (κ2) is 1.73. The predicted molar refractivity (Wildman–Crippen MR) is 34.8 cm³/mol. The normalized spacial score (nSPS) is 24.2. The van der Waals surface area contributed by atoms with Crippen LogP contribution in [0.3, 0.4) is 0 Å². The highest BCUT2D eigenvalue weighted by Gasteiger charge is 2.36. The summed E-state index contributed by atoms with van der Waals surface area (Å²) in [4.78, 5) is 20.7. The SMILES string of the molecule is CC1(C)NC(=O)C(=O)S1. The predicted octanol–water partition coefficient (Wildman–Crippen LogP) is 0.112. The van der Waals surface area contributed by atoms with Crippen molar-refractivity contribution in [3.05, 3.63) is 0 Å². The zero-order chi connectivity index (χ0) is 7.07. The number of carbonyl (C=O) groups excluding carboxylic acids is 2. The van der Waals surface area contributed by atoms with Gasteiger partial charge in [-0.3, -0.25) is 9.59 Å². The topological polar surface area (TPSA) is 46.2 Å². The van der Waals surface area contributed by atoms with Crippen LogP contribution in [0.15, 0.2) is 0 Å². The van der Waals surface area contributed by atoms with Crippen LogP contribution in [0, 0.1) is 0 Å². The van der Waals surface area contributed by atoms with Crippen LogP contribution in [0.1, 0.15) is 13.8 Å². The molecule has 1 aliphatic heterocycles. The van der Waals surface area contributed by atoms with Crippen LogP contribution in [0.5, 0.6) is 0 Å². The first-order chi connectivity index (χ1) is 4.01. The average Bonchev–Trinajstić information content (AvgIpc) is 1.79. The van der Waals surface area contributed by atoms with Crippen LogP contribution in [0.2, 0.25) is 0 Å². The lowest BCUT2D eigenvalue weighted by Crippen LogP contribution is -2.33. The molecule has 0 aromatic carbocycles. The molecule has 1 heterocycles. The Morgan fingerprint density at radius 2 is 2.00 bits per heavy atom. The Kier molecular flexibility index (Phi) is 1.27. The van der Waals surface area contributed by atoms with Gasteiger partial charge in [0.1, 0.15) is 0 Å². The summed E-state index contributed by atoms with van der Waals surface area (Å²) >= 11 is 1.03. The number of carbonyl (C=O) groups is 2. The summed E-state index contributed by atoms with van der Waals surface area (Å²) in [6.45, 7) is 3.58. The molecule has 1 fully saturated rings. The monoisotopic (exact) mass is 145 g/mol. The molecule has 1 saturated heterocycles. The fourth-order valence-electron chi connectivity index (χ4n) is 0.628. The van der Waals surface area contributed by atoms with E-state index in [9.17, 15) is 9.59 Å². The highest BCUT2D eigenvalue weighted by atomic mass is 32.2. The van der Waals surface area contributed by atoms with Gasteiger partial charge in [-0.2, -0.15) is 0 Å². The van der Waals surface area contributed by atoms with Gasteiger partial charge in [0.15, 0.2) is 0 Å². The van der Waals surface area contributed by atoms with Crippen molar-refractivity contribution in [2.75, 3.05) is 0 Å². The molecule has 50 valence electrons.